The number of amides is 1. The first-order valence-electron chi connectivity index (χ1n) is 7.50. The number of anilines is 2. The van der Waals surface area contributed by atoms with Crippen molar-refractivity contribution >= 4 is 17.5 Å². The van der Waals surface area contributed by atoms with Gasteiger partial charge in [-0.15, -0.1) is 0 Å². The number of carbonyl (C=O) groups excluding carboxylic acids is 1. The molecule has 0 aliphatic rings. The Bertz CT molecular complexity index is 615. The molecule has 0 N–H and O–H groups in total. The van der Waals surface area contributed by atoms with Gasteiger partial charge in [0.1, 0.15) is 5.69 Å². The summed E-state index contributed by atoms with van der Waals surface area (Å²) in [5.41, 5.74) is 1.40. The van der Waals surface area contributed by atoms with Crippen LogP contribution in [0.4, 0.5) is 11.6 Å². The highest BCUT2D eigenvalue weighted by Gasteiger charge is 2.15. The second-order valence-electron chi connectivity index (χ2n) is 5.22. The molecule has 1 aromatic carbocycles. The predicted molar refractivity (Wildman–Crippen MR) is 88.4 cm³/mol. The first-order chi connectivity index (χ1) is 10.6. The molecule has 2 rings (SSSR count). The van der Waals surface area contributed by atoms with Crippen LogP contribution in [-0.2, 0) is 0 Å². The zero-order valence-electron chi connectivity index (χ0n) is 13.4. The molecule has 0 unspecified atom stereocenters. The lowest BCUT2D eigenvalue weighted by Crippen LogP contribution is -2.29. The van der Waals surface area contributed by atoms with Crippen molar-refractivity contribution in [1.29, 1.82) is 0 Å². The van der Waals surface area contributed by atoms with Crippen LogP contribution in [-0.4, -0.2) is 41.4 Å². The second kappa shape index (κ2) is 7.54. The molecule has 1 heterocycles. The first kappa shape index (κ1) is 15.9. The minimum Gasteiger partial charge on any atom is -0.340 e. The van der Waals surface area contributed by atoms with Crippen molar-refractivity contribution in [1.82, 2.24) is 14.9 Å². The summed E-state index contributed by atoms with van der Waals surface area (Å²) in [4.78, 5) is 24.6. The Balaban J connectivity index is 2.18. The largest absolute Gasteiger partial charge is 0.340 e. The molecule has 0 radical (unpaired) electrons. The Hall–Kier alpha value is -2.43. The van der Waals surface area contributed by atoms with Crippen molar-refractivity contribution in [3.63, 3.8) is 0 Å². The van der Waals surface area contributed by atoms with Crippen molar-refractivity contribution < 1.29 is 4.79 Å². The van der Waals surface area contributed by atoms with Crippen molar-refractivity contribution in [2.24, 2.45) is 0 Å². The number of nitrogens with zero attached hydrogens (tertiary/aromatic N) is 4. The molecule has 1 aromatic heterocycles. The predicted octanol–water partition coefficient (Wildman–Crippen LogP) is 3.12. The molecule has 0 bridgehead atoms. The Morgan fingerprint density at radius 2 is 1.86 bits per heavy atom. The number of rotatable bonds is 6. The minimum atomic E-state index is -0.0708. The Morgan fingerprint density at radius 3 is 2.55 bits per heavy atom. The summed E-state index contributed by atoms with van der Waals surface area (Å²) in [6.45, 7) is 2.85. The summed E-state index contributed by atoms with van der Waals surface area (Å²) in [6.07, 6.45) is 3.68. The highest BCUT2D eigenvalue weighted by Crippen LogP contribution is 2.19. The van der Waals surface area contributed by atoms with Gasteiger partial charge in [-0.3, -0.25) is 4.79 Å². The molecule has 0 fully saturated rings. The molecule has 0 spiro atoms. The number of benzene rings is 1. The second-order valence-corrected chi connectivity index (χ2v) is 5.22. The average Bonchev–Trinajstić information content (AvgIpc) is 2.59. The molecule has 2 aromatic rings. The summed E-state index contributed by atoms with van der Waals surface area (Å²) < 4.78 is 0. The summed E-state index contributed by atoms with van der Waals surface area (Å²) in [7, 11) is 3.69. The van der Waals surface area contributed by atoms with Gasteiger partial charge in [-0.05, 0) is 24.6 Å². The van der Waals surface area contributed by atoms with Gasteiger partial charge in [0.05, 0.1) is 0 Å². The van der Waals surface area contributed by atoms with E-state index in [0.717, 1.165) is 25.1 Å². The van der Waals surface area contributed by atoms with Gasteiger partial charge in [-0.1, -0.05) is 31.5 Å². The third kappa shape index (κ3) is 3.81. The summed E-state index contributed by atoms with van der Waals surface area (Å²) in [5, 5.41) is 0. The van der Waals surface area contributed by atoms with E-state index in [0.29, 0.717) is 11.6 Å². The number of hydrogen-bond acceptors (Lipinski definition) is 4. The van der Waals surface area contributed by atoms with Crippen LogP contribution in [0.25, 0.3) is 0 Å². The lowest BCUT2D eigenvalue weighted by Gasteiger charge is -2.19. The Kier molecular flexibility index (Phi) is 5.47. The molecule has 5 nitrogen and oxygen atoms in total. The van der Waals surface area contributed by atoms with E-state index in [4.69, 9.17) is 0 Å². The monoisotopic (exact) mass is 298 g/mol. The molecular weight excluding hydrogens is 276 g/mol. The van der Waals surface area contributed by atoms with Gasteiger partial charge in [-0.2, -0.15) is 0 Å². The fraction of sp³-hybridized carbons (Fsp3) is 0.353. The normalized spacial score (nSPS) is 10.3. The molecule has 0 atom stereocenters. The molecule has 0 aliphatic heterocycles. The summed E-state index contributed by atoms with van der Waals surface area (Å²) in [6, 6.07) is 11.5. The molecular formula is C17H22N4O. The van der Waals surface area contributed by atoms with E-state index in [9.17, 15) is 4.79 Å². The maximum Gasteiger partial charge on any atom is 0.272 e. The van der Waals surface area contributed by atoms with Crippen molar-refractivity contribution in [2.75, 3.05) is 25.5 Å². The minimum absolute atomic E-state index is 0.0708. The maximum absolute atomic E-state index is 12.4. The molecule has 116 valence electrons. The molecule has 1 amide bonds. The van der Waals surface area contributed by atoms with Gasteiger partial charge in [0.2, 0.25) is 5.95 Å². The Morgan fingerprint density at radius 1 is 1.14 bits per heavy atom. The van der Waals surface area contributed by atoms with Gasteiger partial charge in [0, 0.05) is 32.5 Å². The van der Waals surface area contributed by atoms with Crippen molar-refractivity contribution in [3.8, 4) is 0 Å². The fourth-order valence-electron chi connectivity index (χ4n) is 2.09. The maximum atomic E-state index is 12.4. The van der Waals surface area contributed by atoms with E-state index in [1.54, 1.807) is 24.2 Å². The third-order valence-electron chi connectivity index (χ3n) is 3.50. The van der Waals surface area contributed by atoms with Gasteiger partial charge in [-0.25, -0.2) is 9.97 Å². The molecule has 22 heavy (non-hydrogen) atoms. The number of aromatic nitrogens is 2. The summed E-state index contributed by atoms with van der Waals surface area (Å²) >= 11 is 0. The van der Waals surface area contributed by atoms with Crippen LogP contribution in [0.15, 0.2) is 42.6 Å². The van der Waals surface area contributed by atoms with Gasteiger partial charge >= 0.3 is 0 Å². The molecule has 0 saturated carbocycles. The molecule has 0 aliphatic carbocycles. The van der Waals surface area contributed by atoms with Crippen LogP contribution in [0.3, 0.4) is 0 Å². The van der Waals surface area contributed by atoms with E-state index >= 15 is 0 Å². The van der Waals surface area contributed by atoms with E-state index in [2.05, 4.69) is 16.9 Å². The van der Waals surface area contributed by atoms with E-state index in [1.165, 1.54) is 0 Å². The SMILES string of the molecule is CCCCN(C)C(=O)c1ccnc(N(C)c2ccccc2)n1. The van der Waals surface area contributed by atoms with E-state index in [1.807, 2.05) is 42.3 Å². The van der Waals surface area contributed by atoms with Crippen LogP contribution < -0.4 is 4.90 Å². The number of para-hydroxylation sites is 1. The average molecular weight is 298 g/mol. The Labute approximate surface area is 131 Å². The van der Waals surface area contributed by atoms with Crippen molar-refractivity contribution in [2.45, 2.75) is 19.8 Å². The first-order valence-corrected chi connectivity index (χ1v) is 7.50. The van der Waals surface area contributed by atoms with Crippen LogP contribution in [0.1, 0.15) is 30.3 Å². The van der Waals surface area contributed by atoms with Gasteiger partial charge < -0.3 is 9.80 Å². The highest BCUT2D eigenvalue weighted by molar-refractivity contribution is 5.92. The lowest BCUT2D eigenvalue weighted by molar-refractivity contribution is 0.0787. The highest BCUT2D eigenvalue weighted by atomic mass is 16.2. The van der Waals surface area contributed by atoms with Crippen LogP contribution in [0, 0.1) is 0 Å². The van der Waals surface area contributed by atoms with Gasteiger partial charge in [0.25, 0.3) is 5.91 Å². The lowest BCUT2D eigenvalue weighted by atomic mass is 10.3. The van der Waals surface area contributed by atoms with Crippen LogP contribution in [0.2, 0.25) is 0 Å². The smallest absolute Gasteiger partial charge is 0.272 e. The quantitative estimate of drug-likeness (QED) is 0.822. The van der Waals surface area contributed by atoms with Crippen LogP contribution >= 0.6 is 0 Å². The van der Waals surface area contributed by atoms with E-state index < -0.39 is 0 Å². The van der Waals surface area contributed by atoms with Crippen molar-refractivity contribution in [3.05, 3.63) is 48.3 Å². The molecule has 5 heteroatoms. The number of hydrogen-bond donors (Lipinski definition) is 0. The standard InChI is InChI=1S/C17H22N4O/c1-4-5-13-20(2)16(22)15-11-12-18-17(19-15)21(3)14-9-7-6-8-10-14/h6-12H,4-5,13H2,1-3H3. The zero-order chi connectivity index (χ0) is 15.9. The number of carbonyl (C=O) groups is 1. The van der Waals surface area contributed by atoms with Crippen LogP contribution in [0.5, 0.6) is 0 Å². The van der Waals surface area contributed by atoms with Gasteiger partial charge in [0.15, 0.2) is 0 Å². The molecule has 0 saturated heterocycles. The number of unbranched alkanes of at least 4 members (excludes halogenated alkanes) is 1. The van der Waals surface area contributed by atoms with E-state index in [-0.39, 0.29) is 5.91 Å². The topological polar surface area (TPSA) is 49.3 Å². The third-order valence-corrected chi connectivity index (χ3v) is 3.50. The zero-order valence-corrected chi connectivity index (χ0v) is 13.4. The fourth-order valence-corrected chi connectivity index (χ4v) is 2.09. The summed E-state index contributed by atoms with van der Waals surface area (Å²) in [5.74, 6) is 0.444.